The zero-order chi connectivity index (χ0) is 13.0. The van der Waals surface area contributed by atoms with Crippen molar-refractivity contribution >= 4 is 5.69 Å². The van der Waals surface area contributed by atoms with Gasteiger partial charge in [0.05, 0.1) is 0 Å². The van der Waals surface area contributed by atoms with Crippen LogP contribution in [-0.4, -0.2) is 24.5 Å². The van der Waals surface area contributed by atoms with Crippen molar-refractivity contribution in [3.63, 3.8) is 0 Å². The summed E-state index contributed by atoms with van der Waals surface area (Å²) in [5.74, 6) is 1.75. The molecule has 2 N–H and O–H groups in total. The monoisotopic (exact) mass is 246 g/mol. The van der Waals surface area contributed by atoms with Crippen LogP contribution in [0.4, 0.5) is 5.69 Å². The number of rotatable bonds is 5. The zero-order valence-electron chi connectivity index (χ0n) is 11.7. The molecule has 0 radical (unpaired) electrons. The Kier molecular flexibility index (Phi) is 4.65. The van der Waals surface area contributed by atoms with Crippen LogP contribution in [-0.2, 0) is 6.42 Å². The van der Waals surface area contributed by atoms with Crippen LogP contribution in [0.15, 0.2) is 24.3 Å². The largest absolute Gasteiger partial charge is 0.399 e. The van der Waals surface area contributed by atoms with E-state index in [1.807, 2.05) is 6.07 Å². The fraction of sp³-hybridized carbons (Fsp3) is 0.625. The Morgan fingerprint density at radius 1 is 1.39 bits per heavy atom. The molecule has 1 aromatic carbocycles. The standard InChI is InChI=1S/C16H26N2/c1-13(2)15-8-10-18(12-15)9-4-6-14-5-3-7-16(17)11-14/h3,5,7,11,13,15H,4,6,8-10,12,17H2,1-2H3. The molecule has 1 heterocycles. The summed E-state index contributed by atoms with van der Waals surface area (Å²) in [6.45, 7) is 8.52. The molecule has 2 nitrogen and oxygen atoms in total. The van der Waals surface area contributed by atoms with E-state index in [-0.39, 0.29) is 0 Å². The van der Waals surface area contributed by atoms with Crippen molar-refractivity contribution in [2.45, 2.75) is 33.1 Å². The van der Waals surface area contributed by atoms with Gasteiger partial charge in [0, 0.05) is 12.2 Å². The Labute approximate surface area is 111 Å². The van der Waals surface area contributed by atoms with Gasteiger partial charge in [-0.2, -0.15) is 0 Å². The molecule has 1 saturated heterocycles. The minimum atomic E-state index is 0.837. The summed E-state index contributed by atoms with van der Waals surface area (Å²) in [5.41, 5.74) is 8.05. The molecule has 1 unspecified atom stereocenters. The average Bonchev–Trinajstić information content (AvgIpc) is 2.78. The summed E-state index contributed by atoms with van der Waals surface area (Å²) >= 11 is 0. The molecule has 0 saturated carbocycles. The molecule has 1 aliphatic rings. The summed E-state index contributed by atoms with van der Waals surface area (Å²) in [5, 5.41) is 0. The lowest BCUT2D eigenvalue weighted by Gasteiger charge is -2.17. The first-order valence-electron chi connectivity index (χ1n) is 7.22. The second kappa shape index (κ2) is 6.24. The van der Waals surface area contributed by atoms with E-state index in [1.54, 1.807) is 0 Å². The van der Waals surface area contributed by atoms with E-state index in [4.69, 9.17) is 5.73 Å². The predicted molar refractivity (Wildman–Crippen MR) is 78.6 cm³/mol. The lowest BCUT2D eigenvalue weighted by Crippen LogP contribution is -2.23. The zero-order valence-corrected chi connectivity index (χ0v) is 11.7. The Morgan fingerprint density at radius 2 is 2.22 bits per heavy atom. The molecule has 1 atom stereocenters. The van der Waals surface area contributed by atoms with Crippen molar-refractivity contribution in [3.8, 4) is 0 Å². The van der Waals surface area contributed by atoms with Gasteiger partial charge in [-0.05, 0) is 61.9 Å². The normalized spacial score (nSPS) is 20.7. The molecule has 2 rings (SSSR count). The third kappa shape index (κ3) is 3.74. The van der Waals surface area contributed by atoms with Gasteiger partial charge < -0.3 is 10.6 Å². The van der Waals surface area contributed by atoms with Crippen LogP contribution in [0.5, 0.6) is 0 Å². The first-order chi connectivity index (χ1) is 8.65. The van der Waals surface area contributed by atoms with E-state index < -0.39 is 0 Å². The Balaban J connectivity index is 1.70. The first kappa shape index (κ1) is 13.4. The van der Waals surface area contributed by atoms with Crippen LogP contribution in [0.25, 0.3) is 0 Å². The van der Waals surface area contributed by atoms with E-state index >= 15 is 0 Å². The van der Waals surface area contributed by atoms with E-state index in [9.17, 15) is 0 Å². The summed E-state index contributed by atoms with van der Waals surface area (Å²) in [6, 6.07) is 8.28. The molecule has 1 aromatic rings. The summed E-state index contributed by atoms with van der Waals surface area (Å²) in [6.07, 6.45) is 3.78. The maximum Gasteiger partial charge on any atom is 0.0316 e. The van der Waals surface area contributed by atoms with Gasteiger partial charge in [0.1, 0.15) is 0 Å². The number of anilines is 1. The molecule has 0 amide bonds. The highest BCUT2D eigenvalue weighted by molar-refractivity contribution is 5.40. The van der Waals surface area contributed by atoms with Crippen molar-refractivity contribution in [1.29, 1.82) is 0 Å². The molecule has 100 valence electrons. The number of nitrogens with two attached hydrogens (primary N) is 1. The molecule has 0 aliphatic carbocycles. The van der Waals surface area contributed by atoms with Crippen molar-refractivity contribution in [2.24, 2.45) is 11.8 Å². The third-order valence-corrected chi connectivity index (χ3v) is 4.14. The van der Waals surface area contributed by atoms with Crippen molar-refractivity contribution < 1.29 is 0 Å². The Morgan fingerprint density at radius 3 is 2.89 bits per heavy atom. The van der Waals surface area contributed by atoms with E-state index in [2.05, 4.69) is 36.9 Å². The molecule has 0 spiro atoms. The topological polar surface area (TPSA) is 29.3 Å². The number of hydrogen-bond acceptors (Lipinski definition) is 2. The Bertz CT molecular complexity index is 373. The van der Waals surface area contributed by atoms with Gasteiger partial charge in [-0.1, -0.05) is 26.0 Å². The number of benzene rings is 1. The summed E-state index contributed by atoms with van der Waals surface area (Å²) < 4.78 is 0. The number of likely N-dealkylation sites (tertiary alicyclic amines) is 1. The van der Waals surface area contributed by atoms with Crippen molar-refractivity contribution in [2.75, 3.05) is 25.4 Å². The summed E-state index contributed by atoms with van der Waals surface area (Å²) in [4.78, 5) is 2.62. The quantitative estimate of drug-likeness (QED) is 0.809. The fourth-order valence-corrected chi connectivity index (χ4v) is 2.87. The van der Waals surface area contributed by atoms with Crippen LogP contribution in [0.1, 0.15) is 32.3 Å². The average molecular weight is 246 g/mol. The number of nitrogens with zero attached hydrogens (tertiary/aromatic N) is 1. The number of nitrogen functional groups attached to an aromatic ring is 1. The molecule has 2 heteroatoms. The van der Waals surface area contributed by atoms with Gasteiger partial charge in [0.2, 0.25) is 0 Å². The lowest BCUT2D eigenvalue weighted by atomic mass is 9.95. The second-order valence-electron chi connectivity index (χ2n) is 5.94. The van der Waals surface area contributed by atoms with E-state index in [1.165, 1.54) is 38.0 Å². The molecule has 1 aliphatic heterocycles. The maximum atomic E-state index is 5.79. The maximum absolute atomic E-state index is 5.79. The number of aryl methyl sites for hydroxylation is 1. The van der Waals surface area contributed by atoms with E-state index in [0.717, 1.165) is 23.9 Å². The van der Waals surface area contributed by atoms with Crippen LogP contribution < -0.4 is 5.73 Å². The van der Waals surface area contributed by atoms with Gasteiger partial charge in [-0.3, -0.25) is 0 Å². The minimum Gasteiger partial charge on any atom is -0.399 e. The second-order valence-corrected chi connectivity index (χ2v) is 5.94. The highest BCUT2D eigenvalue weighted by Gasteiger charge is 2.23. The number of hydrogen-bond donors (Lipinski definition) is 1. The van der Waals surface area contributed by atoms with Gasteiger partial charge in [0.15, 0.2) is 0 Å². The highest BCUT2D eigenvalue weighted by Crippen LogP contribution is 2.23. The van der Waals surface area contributed by atoms with E-state index in [0.29, 0.717) is 0 Å². The Hall–Kier alpha value is -1.02. The molecule has 18 heavy (non-hydrogen) atoms. The predicted octanol–water partition coefficient (Wildman–Crippen LogP) is 3.18. The van der Waals surface area contributed by atoms with Crippen molar-refractivity contribution in [1.82, 2.24) is 4.90 Å². The van der Waals surface area contributed by atoms with Gasteiger partial charge in [-0.15, -0.1) is 0 Å². The first-order valence-corrected chi connectivity index (χ1v) is 7.22. The molecule has 0 bridgehead atoms. The van der Waals surface area contributed by atoms with Crippen molar-refractivity contribution in [3.05, 3.63) is 29.8 Å². The van der Waals surface area contributed by atoms with Crippen LogP contribution in [0, 0.1) is 11.8 Å². The third-order valence-electron chi connectivity index (χ3n) is 4.14. The molecular weight excluding hydrogens is 220 g/mol. The molecular formula is C16H26N2. The van der Waals surface area contributed by atoms with Gasteiger partial charge in [0.25, 0.3) is 0 Å². The van der Waals surface area contributed by atoms with Gasteiger partial charge >= 0.3 is 0 Å². The fourth-order valence-electron chi connectivity index (χ4n) is 2.87. The van der Waals surface area contributed by atoms with Crippen LogP contribution >= 0.6 is 0 Å². The molecule has 1 fully saturated rings. The highest BCUT2D eigenvalue weighted by atomic mass is 15.1. The molecule has 0 aromatic heterocycles. The SMILES string of the molecule is CC(C)C1CCN(CCCc2cccc(N)c2)C1. The van der Waals surface area contributed by atoms with Crippen LogP contribution in [0.3, 0.4) is 0 Å². The smallest absolute Gasteiger partial charge is 0.0316 e. The van der Waals surface area contributed by atoms with Gasteiger partial charge in [-0.25, -0.2) is 0 Å². The summed E-state index contributed by atoms with van der Waals surface area (Å²) in [7, 11) is 0. The minimum absolute atomic E-state index is 0.837. The van der Waals surface area contributed by atoms with Crippen LogP contribution in [0.2, 0.25) is 0 Å². The lowest BCUT2D eigenvalue weighted by molar-refractivity contribution is 0.300.